The minimum atomic E-state index is -0.571. The van der Waals surface area contributed by atoms with E-state index in [4.69, 9.17) is 16.3 Å². The van der Waals surface area contributed by atoms with Crippen LogP contribution in [0.3, 0.4) is 0 Å². The molecule has 0 aromatic heterocycles. The Kier molecular flexibility index (Phi) is 5.59. The molecule has 0 saturated carbocycles. The Morgan fingerprint density at radius 2 is 2.08 bits per heavy atom. The average molecular weight is 355 g/mol. The van der Waals surface area contributed by atoms with E-state index in [2.05, 4.69) is 5.32 Å². The first-order valence-electron chi connectivity index (χ1n) is 7.93. The van der Waals surface area contributed by atoms with Crippen LogP contribution in [0, 0.1) is 5.92 Å². The summed E-state index contributed by atoms with van der Waals surface area (Å²) < 4.78 is 5.36. The second-order valence-corrected chi connectivity index (χ2v) is 7.35. The number of carbonyl (C=O) groups excluding carboxylic acids is 2. The highest BCUT2D eigenvalue weighted by Crippen LogP contribution is 2.28. The van der Waals surface area contributed by atoms with Gasteiger partial charge in [-0.1, -0.05) is 11.6 Å². The fourth-order valence-electron chi connectivity index (χ4n) is 2.53. The highest BCUT2D eigenvalue weighted by Gasteiger charge is 2.31. The minimum Gasteiger partial charge on any atom is -0.506 e. The van der Waals surface area contributed by atoms with Crippen LogP contribution in [0.1, 0.15) is 33.6 Å². The van der Waals surface area contributed by atoms with E-state index in [9.17, 15) is 14.7 Å². The standard InChI is InChI=1S/C17H23ClN2O4/c1-17(2,3)24-16(23)20-8-4-5-11(10-20)15(22)19-13-9-12(18)6-7-14(13)21/h6-7,9,11,21H,4-5,8,10H2,1-3H3,(H,19,22). The summed E-state index contributed by atoms with van der Waals surface area (Å²) >= 11 is 5.88. The van der Waals surface area contributed by atoms with Crippen LogP contribution in [0.15, 0.2) is 18.2 Å². The maximum absolute atomic E-state index is 12.4. The fourth-order valence-corrected chi connectivity index (χ4v) is 2.70. The minimum absolute atomic E-state index is 0.0486. The zero-order valence-electron chi connectivity index (χ0n) is 14.1. The Morgan fingerprint density at radius 1 is 1.38 bits per heavy atom. The molecule has 24 heavy (non-hydrogen) atoms. The molecule has 0 aliphatic carbocycles. The number of ether oxygens (including phenoxy) is 1. The summed E-state index contributed by atoms with van der Waals surface area (Å²) in [5.74, 6) is -0.655. The smallest absolute Gasteiger partial charge is 0.410 e. The molecule has 1 fully saturated rings. The number of halogens is 1. The predicted octanol–water partition coefficient (Wildman–Crippen LogP) is 3.63. The molecule has 7 heteroatoms. The maximum atomic E-state index is 12.4. The fraction of sp³-hybridized carbons (Fsp3) is 0.529. The second kappa shape index (κ2) is 7.30. The van der Waals surface area contributed by atoms with Gasteiger partial charge in [0.2, 0.25) is 5.91 Å². The monoisotopic (exact) mass is 354 g/mol. The summed E-state index contributed by atoms with van der Waals surface area (Å²) in [5.41, 5.74) is -0.305. The molecule has 1 atom stereocenters. The molecule has 1 saturated heterocycles. The molecule has 1 heterocycles. The predicted molar refractivity (Wildman–Crippen MR) is 92.3 cm³/mol. The molecule has 2 amide bonds. The van der Waals surface area contributed by atoms with E-state index in [1.807, 2.05) is 0 Å². The van der Waals surface area contributed by atoms with Crippen molar-refractivity contribution in [1.29, 1.82) is 0 Å². The third kappa shape index (κ3) is 5.03. The summed E-state index contributed by atoms with van der Waals surface area (Å²) in [6, 6.07) is 4.45. The largest absolute Gasteiger partial charge is 0.506 e. The van der Waals surface area contributed by atoms with Crippen molar-refractivity contribution in [2.45, 2.75) is 39.2 Å². The first-order valence-corrected chi connectivity index (χ1v) is 8.31. The number of carbonyl (C=O) groups is 2. The van der Waals surface area contributed by atoms with Crippen molar-refractivity contribution in [3.8, 4) is 5.75 Å². The van der Waals surface area contributed by atoms with Crippen molar-refractivity contribution in [3.05, 3.63) is 23.2 Å². The summed E-state index contributed by atoms with van der Waals surface area (Å²) in [4.78, 5) is 26.1. The summed E-state index contributed by atoms with van der Waals surface area (Å²) in [6.45, 7) is 6.28. The van der Waals surface area contributed by atoms with Crippen LogP contribution in [-0.4, -0.2) is 40.7 Å². The number of anilines is 1. The topological polar surface area (TPSA) is 78.9 Å². The molecule has 6 nitrogen and oxygen atoms in total. The van der Waals surface area contributed by atoms with Crippen molar-refractivity contribution in [3.63, 3.8) is 0 Å². The summed E-state index contributed by atoms with van der Waals surface area (Å²) in [7, 11) is 0. The number of nitrogens with one attached hydrogen (secondary N) is 1. The van der Waals surface area contributed by atoms with Gasteiger partial charge in [-0.3, -0.25) is 4.79 Å². The molecule has 132 valence electrons. The lowest BCUT2D eigenvalue weighted by atomic mass is 9.97. The first kappa shape index (κ1) is 18.4. The van der Waals surface area contributed by atoms with Gasteiger partial charge >= 0.3 is 6.09 Å². The number of hydrogen-bond acceptors (Lipinski definition) is 4. The lowest BCUT2D eigenvalue weighted by molar-refractivity contribution is -0.121. The zero-order chi connectivity index (χ0) is 17.9. The molecular formula is C17H23ClN2O4. The number of aromatic hydroxyl groups is 1. The Hall–Kier alpha value is -1.95. The van der Waals surface area contributed by atoms with Gasteiger partial charge < -0.3 is 20.1 Å². The third-order valence-corrected chi connectivity index (χ3v) is 3.90. The Balaban J connectivity index is 2.00. The average Bonchev–Trinajstić information content (AvgIpc) is 2.49. The molecule has 0 radical (unpaired) electrons. The van der Waals surface area contributed by atoms with E-state index in [0.29, 0.717) is 24.5 Å². The lowest BCUT2D eigenvalue weighted by Crippen LogP contribution is -2.45. The molecule has 0 bridgehead atoms. The molecule has 1 aliphatic rings. The third-order valence-electron chi connectivity index (χ3n) is 3.66. The van der Waals surface area contributed by atoms with E-state index < -0.39 is 11.7 Å². The van der Waals surface area contributed by atoms with Crippen LogP contribution in [-0.2, 0) is 9.53 Å². The van der Waals surface area contributed by atoms with Gasteiger partial charge in [0, 0.05) is 18.1 Å². The number of likely N-dealkylation sites (tertiary alicyclic amines) is 1. The molecule has 2 N–H and O–H groups in total. The summed E-state index contributed by atoms with van der Waals surface area (Å²) in [6.07, 6.45) is 0.983. The number of phenolic OH excluding ortho intramolecular Hbond substituents is 1. The van der Waals surface area contributed by atoms with Gasteiger partial charge in [0.1, 0.15) is 11.4 Å². The van der Waals surface area contributed by atoms with Crippen molar-refractivity contribution in [2.24, 2.45) is 5.92 Å². The van der Waals surface area contributed by atoms with Crippen LogP contribution in [0.4, 0.5) is 10.5 Å². The molecule has 0 spiro atoms. The molecule has 1 aromatic carbocycles. The highest BCUT2D eigenvalue weighted by atomic mass is 35.5. The first-order chi connectivity index (χ1) is 11.2. The Labute approximate surface area is 146 Å². The SMILES string of the molecule is CC(C)(C)OC(=O)N1CCCC(C(=O)Nc2cc(Cl)ccc2O)C1. The molecular weight excluding hydrogens is 332 g/mol. The Morgan fingerprint density at radius 3 is 2.75 bits per heavy atom. The van der Waals surface area contributed by atoms with Crippen molar-refractivity contribution in [1.82, 2.24) is 4.90 Å². The van der Waals surface area contributed by atoms with Gasteiger partial charge in [0.05, 0.1) is 11.6 Å². The second-order valence-electron chi connectivity index (χ2n) is 6.92. The van der Waals surface area contributed by atoms with Gasteiger partial charge in [-0.25, -0.2) is 4.79 Å². The van der Waals surface area contributed by atoms with Gasteiger partial charge in [0.15, 0.2) is 0 Å². The van der Waals surface area contributed by atoms with Gasteiger partial charge in [0.25, 0.3) is 0 Å². The quantitative estimate of drug-likeness (QED) is 0.795. The van der Waals surface area contributed by atoms with Crippen LogP contribution in [0.2, 0.25) is 5.02 Å². The molecule has 1 aliphatic heterocycles. The van der Waals surface area contributed by atoms with Crippen molar-refractivity contribution >= 4 is 29.3 Å². The van der Waals surface area contributed by atoms with Crippen LogP contribution in [0.5, 0.6) is 5.75 Å². The van der Waals surface area contributed by atoms with Gasteiger partial charge in [-0.2, -0.15) is 0 Å². The van der Waals surface area contributed by atoms with E-state index in [1.165, 1.54) is 18.2 Å². The number of phenols is 1. The van der Waals surface area contributed by atoms with Crippen molar-refractivity contribution < 1.29 is 19.4 Å². The number of piperidine rings is 1. The normalized spacial score (nSPS) is 18.2. The Bertz CT molecular complexity index is 628. The molecule has 2 rings (SSSR count). The van der Waals surface area contributed by atoms with E-state index in [-0.39, 0.29) is 23.3 Å². The van der Waals surface area contributed by atoms with Crippen molar-refractivity contribution in [2.75, 3.05) is 18.4 Å². The number of hydrogen-bond donors (Lipinski definition) is 2. The number of amides is 2. The summed E-state index contributed by atoms with van der Waals surface area (Å²) in [5, 5.41) is 12.9. The molecule has 1 aromatic rings. The zero-order valence-corrected chi connectivity index (χ0v) is 14.9. The van der Waals surface area contributed by atoms with Gasteiger partial charge in [-0.15, -0.1) is 0 Å². The van der Waals surface area contributed by atoms with Gasteiger partial charge in [-0.05, 0) is 51.8 Å². The number of nitrogens with zero attached hydrogens (tertiary/aromatic N) is 1. The lowest BCUT2D eigenvalue weighted by Gasteiger charge is -2.33. The van der Waals surface area contributed by atoms with Crippen LogP contribution >= 0.6 is 11.6 Å². The van der Waals surface area contributed by atoms with Crippen LogP contribution in [0.25, 0.3) is 0 Å². The van der Waals surface area contributed by atoms with E-state index >= 15 is 0 Å². The van der Waals surface area contributed by atoms with Crippen LogP contribution < -0.4 is 5.32 Å². The van der Waals surface area contributed by atoms with E-state index in [0.717, 1.165) is 6.42 Å². The van der Waals surface area contributed by atoms with E-state index in [1.54, 1.807) is 25.7 Å². The maximum Gasteiger partial charge on any atom is 0.410 e. The number of rotatable bonds is 2. The molecule has 1 unspecified atom stereocenters. The highest BCUT2D eigenvalue weighted by molar-refractivity contribution is 6.31. The number of benzene rings is 1.